The summed E-state index contributed by atoms with van der Waals surface area (Å²) in [7, 11) is 0. The molecule has 1 atom stereocenters. The molecule has 0 fully saturated rings. The fourth-order valence-corrected chi connectivity index (χ4v) is 2.07. The van der Waals surface area contributed by atoms with Crippen LogP contribution in [0, 0.1) is 29.1 Å². The molecule has 2 aromatic rings. The molecule has 0 aliphatic rings. The predicted octanol–water partition coefficient (Wildman–Crippen LogP) is 4.48. The van der Waals surface area contributed by atoms with E-state index in [2.05, 4.69) is 4.74 Å². The highest BCUT2D eigenvalue weighted by Crippen LogP contribution is 2.31. The summed E-state index contributed by atoms with van der Waals surface area (Å²) in [6.45, 7) is 1.62. The molecule has 0 aromatic heterocycles. The third kappa shape index (κ3) is 3.18. The zero-order valence-corrected chi connectivity index (χ0v) is 11.9. The van der Waals surface area contributed by atoms with E-state index in [1.165, 1.54) is 0 Å². The molecule has 7 heteroatoms. The minimum atomic E-state index is -2.31. The van der Waals surface area contributed by atoms with Crippen LogP contribution in [0.3, 0.4) is 0 Å². The van der Waals surface area contributed by atoms with E-state index in [1.807, 2.05) is 0 Å². The Morgan fingerprint density at radius 3 is 1.87 bits per heavy atom. The second-order valence-electron chi connectivity index (χ2n) is 4.69. The van der Waals surface area contributed by atoms with Gasteiger partial charge >= 0.3 is 5.97 Å². The minimum absolute atomic E-state index is 0.220. The summed E-state index contributed by atoms with van der Waals surface area (Å²) in [6.07, 6.45) is 0.220. The molecule has 0 saturated carbocycles. The number of halogens is 5. The number of esters is 1. The van der Waals surface area contributed by atoms with E-state index in [0.717, 1.165) is 0 Å². The summed E-state index contributed by atoms with van der Waals surface area (Å²) in [4.78, 5) is 12.1. The highest BCUT2D eigenvalue weighted by molar-refractivity contribution is 5.80. The van der Waals surface area contributed by atoms with Crippen molar-refractivity contribution in [2.75, 3.05) is 0 Å². The standard InChI is InChI=1S/C16H11F5O2/c1-2-9(8-6-4-3-5-7-8)16(22)23-15-13(20)11(18)10(17)12(19)14(15)21/h3-7,9H,2H2,1H3. The van der Waals surface area contributed by atoms with Gasteiger partial charge in [0.1, 0.15) is 0 Å². The maximum Gasteiger partial charge on any atom is 0.319 e. The first-order chi connectivity index (χ1) is 10.9. The highest BCUT2D eigenvalue weighted by atomic mass is 19.2. The number of carbonyl (C=O) groups excluding carboxylic acids is 1. The first-order valence-electron chi connectivity index (χ1n) is 6.66. The molecule has 0 radical (unpaired) electrons. The summed E-state index contributed by atoms with van der Waals surface area (Å²) in [5.41, 5.74) is 0.504. The van der Waals surface area contributed by atoms with Gasteiger partial charge < -0.3 is 4.74 Å². The molecular weight excluding hydrogens is 319 g/mol. The molecule has 122 valence electrons. The monoisotopic (exact) mass is 330 g/mol. The Balaban J connectivity index is 2.37. The number of hydrogen-bond donors (Lipinski definition) is 0. The van der Waals surface area contributed by atoms with Gasteiger partial charge in [-0.3, -0.25) is 4.79 Å². The molecule has 23 heavy (non-hydrogen) atoms. The zero-order valence-electron chi connectivity index (χ0n) is 11.9. The first kappa shape index (κ1) is 16.9. The molecule has 0 bridgehead atoms. The van der Waals surface area contributed by atoms with Crippen LogP contribution in [0.4, 0.5) is 22.0 Å². The molecule has 2 rings (SSSR count). The van der Waals surface area contributed by atoms with Gasteiger partial charge in [0, 0.05) is 0 Å². The second-order valence-corrected chi connectivity index (χ2v) is 4.69. The van der Waals surface area contributed by atoms with Crippen molar-refractivity contribution in [3.63, 3.8) is 0 Å². The minimum Gasteiger partial charge on any atom is -0.420 e. The second kappa shape index (κ2) is 6.76. The Hall–Kier alpha value is -2.44. The van der Waals surface area contributed by atoms with Crippen molar-refractivity contribution < 1.29 is 31.5 Å². The van der Waals surface area contributed by atoms with Crippen molar-refractivity contribution in [2.45, 2.75) is 19.3 Å². The largest absolute Gasteiger partial charge is 0.420 e. The number of rotatable bonds is 4. The van der Waals surface area contributed by atoms with E-state index in [-0.39, 0.29) is 6.42 Å². The molecule has 0 aliphatic carbocycles. The Bertz CT molecular complexity index is 702. The van der Waals surface area contributed by atoms with Gasteiger partial charge in [0.25, 0.3) is 0 Å². The molecule has 0 aliphatic heterocycles. The van der Waals surface area contributed by atoms with Gasteiger partial charge in [0.05, 0.1) is 5.92 Å². The lowest BCUT2D eigenvalue weighted by Gasteiger charge is -2.15. The summed E-state index contributed by atoms with van der Waals surface area (Å²) in [6, 6.07) is 8.17. The van der Waals surface area contributed by atoms with E-state index in [1.54, 1.807) is 37.3 Å². The Labute approximate surface area is 128 Å². The fraction of sp³-hybridized carbons (Fsp3) is 0.188. The van der Waals surface area contributed by atoms with E-state index in [4.69, 9.17) is 0 Å². The van der Waals surface area contributed by atoms with Crippen molar-refractivity contribution in [3.8, 4) is 5.75 Å². The maximum atomic E-state index is 13.5. The van der Waals surface area contributed by atoms with Gasteiger partial charge in [0.2, 0.25) is 34.8 Å². The van der Waals surface area contributed by atoms with Crippen LogP contribution in [0.1, 0.15) is 24.8 Å². The fourth-order valence-electron chi connectivity index (χ4n) is 2.07. The maximum absolute atomic E-state index is 13.5. The average molecular weight is 330 g/mol. The van der Waals surface area contributed by atoms with Crippen molar-refractivity contribution >= 4 is 5.97 Å². The zero-order chi connectivity index (χ0) is 17.1. The quantitative estimate of drug-likeness (QED) is 0.272. The third-order valence-corrected chi connectivity index (χ3v) is 3.27. The van der Waals surface area contributed by atoms with E-state index in [9.17, 15) is 26.7 Å². The molecule has 1 unspecified atom stereocenters. The average Bonchev–Trinajstić information content (AvgIpc) is 2.57. The Morgan fingerprint density at radius 1 is 0.913 bits per heavy atom. The van der Waals surface area contributed by atoms with Gasteiger partial charge in [-0.05, 0) is 12.0 Å². The highest BCUT2D eigenvalue weighted by Gasteiger charge is 2.30. The van der Waals surface area contributed by atoms with Gasteiger partial charge in [-0.2, -0.15) is 8.78 Å². The van der Waals surface area contributed by atoms with Crippen LogP contribution in [-0.2, 0) is 4.79 Å². The van der Waals surface area contributed by atoms with Crippen LogP contribution >= 0.6 is 0 Å². The lowest BCUT2D eigenvalue weighted by Crippen LogP contribution is -2.20. The van der Waals surface area contributed by atoms with Crippen LogP contribution < -0.4 is 4.74 Å². The molecule has 2 nitrogen and oxygen atoms in total. The number of ether oxygens (including phenoxy) is 1. The van der Waals surface area contributed by atoms with Crippen LogP contribution in [0.5, 0.6) is 5.75 Å². The third-order valence-electron chi connectivity index (χ3n) is 3.27. The molecule has 0 saturated heterocycles. The number of carbonyl (C=O) groups is 1. The summed E-state index contributed by atoms with van der Waals surface area (Å²) >= 11 is 0. The van der Waals surface area contributed by atoms with Crippen molar-refractivity contribution in [3.05, 3.63) is 65.0 Å². The van der Waals surface area contributed by atoms with E-state index in [0.29, 0.717) is 5.56 Å². The SMILES string of the molecule is CCC(C(=O)Oc1c(F)c(F)c(F)c(F)c1F)c1ccccc1. The summed E-state index contributed by atoms with van der Waals surface area (Å²) < 4.78 is 70.7. The van der Waals surface area contributed by atoms with Crippen LogP contribution in [0.15, 0.2) is 30.3 Å². The van der Waals surface area contributed by atoms with Gasteiger partial charge in [0.15, 0.2) is 0 Å². The van der Waals surface area contributed by atoms with Crippen LogP contribution in [-0.4, -0.2) is 5.97 Å². The molecule has 0 amide bonds. The molecular formula is C16H11F5O2. The van der Waals surface area contributed by atoms with E-state index < -0.39 is 46.7 Å². The van der Waals surface area contributed by atoms with E-state index >= 15 is 0 Å². The van der Waals surface area contributed by atoms with Crippen molar-refractivity contribution in [1.29, 1.82) is 0 Å². The molecule has 2 aromatic carbocycles. The Kier molecular flexibility index (Phi) is 4.98. The van der Waals surface area contributed by atoms with Gasteiger partial charge in [-0.15, -0.1) is 0 Å². The molecule has 0 spiro atoms. The summed E-state index contributed by atoms with van der Waals surface area (Å²) in [5, 5.41) is 0. The number of hydrogen-bond acceptors (Lipinski definition) is 2. The topological polar surface area (TPSA) is 26.3 Å². The normalized spacial score (nSPS) is 12.1. The smallest absolute Gasteiger partial charge is 0.319 e. The van der Waals surface area contributed by atoms with Gasteiger partial charge in [-0.1, -0.05) is 37.3 Å². The van der Waals surface area contributed by atoms with Gasteiger partial charge in [-0.25, -0.2) is 13.2 Å². The lowest BCUT2D eigenvalue weighted by atomic mass is 9.97. The Morgan fingerprint density at radius 2 is 1.39 bits per heavy atom. The van der Waals surface area contributed by atoms with Crippen molar-refractivity contribution in [2.24, 2.45) is 0 Å². The summed E-state index contributed by atoms with van der Waals surface area (Å²) in [5.74, 6) is -14.6. The molecule has 0 N–H and O–H groups in total. The lowest BCUT2D eigenvalue weighted by molar-refractivity contribution is -0.136. The van der Waals surface area contributed by atoms with Crippen LogP contribution in [0.25, 0.3) is 0 Å². The first-order valence-corrected chi connectivity index (χ1v) is 6.66. The predicted molar refractivity (Wildman–Crippen MR) is 71.3 cm³/mol. The number of benzene rings is 2. The van der Waals surface area contributed by atoms with Crippen molar-refractivity contribution in [1.82, 2.24) is 0 Å². The van der Waals surface area contributed by atoms with Crippen LogP contribution in [0.2, 0.25) is 0 Å². The molecule has 0 heterocycles.